The first kappa shape index (κ1) is 31.5. The Morgan fingerprint density at radius 3 is 1.34 bits per heavy atom. The SMILES string of the molecule is c1ccc2cc(-c3c4ccccc4c(-c4ccc5cc(-c6ccc7oc8c(c7c6)c6ccccc6c6oc7ccccc7c68)ccc5c4)c4ccccc34)ccc2c1. The molecule has 2 heteroatoms. The Morgan fingerprint density at radius 1 is 0.241 bits per heavy atom. The Balaban J connectivity index is 0.965. The number of rotatable bonds is 3. The van der Waals surface area contributed by atoms with Crippen LogP contribution in [0.4, 0.5) is 0 Å². The summed E-state index contributed by atoms with van der Waals surface area (Å²) in [6, 6.07) is 70.5. The quantitative estimate of drug-likeness (QED) is 0.169. The van der Waals surface area contributed by atoms with Gasteiger partial charge in [0.25, 0.3) is 0 Å². The molecule has 0 atom stereocenters. The molecule has 0 bridgehead atoms. The second-order valence-electron chi connectivity index (χ2n) is 15.5. The highest BCUT2D eigenvalue weighted by Gasteiger charge is 2.22. The van der Waals surface area contributed by atoms with Crippen LogP contribution in [0, 0.1) is 0 Å². The van der Waals surface area contributed by atoms with E-state index in [1.165, 1.54) is 70.9 Å². The van der Waals surface area contributed by atoms with Crippen molar-refractivity contribution in [2.24, 2.45) is 0 Å². The Hall–Kier alpha value is -7.68. The van der Waals surface area contributed by atoms with Gasteiger partial charge in [-0.1, -0.05) is 158 Å². The van der Waals surface area contributed by atoms with E-state index in [-0.39, 0.29) is 0 Å². The summed E-state index contributed by atoms with van der Waals surface area (Å²) in [7, 11) is 0. The molecule has 0 aliphatic rings. The van der Waals surface area contributed by atoms with Gasteiger partial charge in [0.1, 0.15) is 22.3 Å². The first-order valence-corrected chi connectivity index (χ1v) is 19.9. The van der Waals surface area contributed by atoms with Gasteiger partial charge in [0.2, 0.25) is 0 Å². The number of fused-ring (bicyclic) bond motifs is 14. The van der Waals surface area contributed by atoms with Crippen LogP contribution in [0.1, 0.15) is 0 Å². The van der Waals surface area contributed by atoms with Crippen LogP contribution < -0.4 is 0 Å². The third-order valence-corrected chi connectivity index (χ3v) is 12.4. The van der Waals surface area contributed by atoms with Crippen LogP contribution in [0.25, 0.3) is 131 Å². The van der Waals surface area contributed by atoms with Gasteiger partial charge >= 0.3 is 0 Å². The highest BCUT2D eigenvalue weighted by Crippen LogP contribution is 2.47. The number of para-hydroxylation sites is 1. The zero-order chi connectivity index (χ0) is 37.9. The molecule has 13 rings (SSSR count). The van der Waals surface area contributed by atoms with E-state index >= 15 is 0 Å². The zero-order valence-electron chi connectivity index (χ0n) is 31.3. The smallest absolute Gasteiger partial charge is 0.147 e. The van der Waals surface area contributed by atoms with Crippen molar-refractivity contribution in [1.29, 1.82) is 0 Å². The fourth-order valence-corrected chi connectivity index (χ4v) is 9.76. The minimum atomic E-state index is 0.870. The van der Waals surface area contributed by atoms with Crippen LogP contribution in [0.15, 0.2) is 203 Å². The van der Waals surface area contributed by atoms with Crippen LogP contribution >= 0.6 is 0 Å². The summed E-state index contributed by atoms with van der Waals surface area (Å²) in [6.45, 7) is 0. The lowest BCUT2D eigenvalue weighted by molar-refractivity contribution is 0.665. The Morgan fingerprint density at radius 2 is 0.672 bits per heavy atom. The van der Waals surface area contributed by atoms with Gasteiger partial charge in [0, 0.05) is 21.5 Å². The molecule has 13 aromatic rings. The van der Waals surface area contributed by atoms with Crippen molar-refractivity contribution < 1.29 is 8.83 Å². The van der Waals surface area contributed by atoms with E-state index in [1.54, 1.807) is 0 Å². The van der Waals surface area contributed by atoms with E-state index in [4.69, 9.17) is 8.83 Å². The van der Waals surface area contributed by atoms with Crippen molar-refractivity contribution in [2.75, 3.05) is 0 Å². The molecule has 2 heterocycles. The van der Waals surface area contributed by atoms with Gasteiger partial charge in [-0.2, -0.15) is 0 Å². The molecular weight excluding hydrogens is 705 g/mol. The number of furan rings is 2. The average Bonchev–Trinajstić information content (AvgIpc) is 3.87. The van der Waals surface area contributed by atoms with Crippen molar-refractivity contribution in [3.05, 3.63) is 194 Å². The van der Waals surface area contributed by atoms with Gasteiger partial charge in [-0.25, -0.2) is 0 Å². The molecule has 0 unspecified atom stereocenters. The lowest BCUT2D eigenvalue weighted by Gasteiger charge is -2.18. The number of hydrogen-bond donors (Lipinski definition) is 0. The van der Waals surface area contributed by atoms with Crippen molar-refractivity contribution in [3.8, 4) is 33.4 Å². The van der Waals surface area contributed by atoms with E-state index in [0.29, 0.717) is 0 Å². The molecule has 0 amide bonds. The molecule has 0 saturated carbocycles. The van der Waals surface area contributed by atoms with Gasteiger partial charge in [-0.15, -0.1) is 0 Å². The zero-order valence-corrected chi connectivity index (χ0v) is 31.3. The summed E-state index contributed by atoms with van der Waals surface area (Å²) in [4.78, 5) is 0. The fraction of sp³-hybridized carbons (Fsp3) is 0. The summed E-state index contributed by atoms with van der Waals surface area (Å²) in [5.41, 5.74) is 10.8. The van der Waals surface area contributed by atoms with Gasteiger partial charge < -0.3 is 8.83 Å². The van der Waals surface area contributed by atoms with Crippen LogP contribution in [-0.4, -0.2) is 0 Å². The lowest BCUT2D eigenvalue weighted by Crippen LogP contribution is -1.91. The van der Waals surface area contributed by atoms with Gasteiger partial charge in [0.15, 0.2) is 0 Å². The predicted molar refractivity (Wildman–Crippen MR) is 245 cm³/mol. The third-order valence-electron chi connectivity index (χ3n) is 12.4. The highest BCUT2D eigenvalue weighted by atomic mass is 16.3. The molecular formula is C56H32O2. The Kier molecular flexibility index (Phi) is 6.47. The molecule has 2 nitrogen and oxygen atoms in total. The molecule has 0 spiro atoms. The van der Waals surface area contributed by atoms with Crippen molar-refractivity contribution in [3.63, 3.8) is 0 Å². The van der Waals surface area contributed by atoms with Crippen molar-refractivity contribution >= 4 is 97.7 Å². The minimum absolute atomic E-state index is 0.870. The highest BCUT2D eigenvalue weighted by molar-refractivity contribution is 6.33. The van der Waals surface area contributed by atoms with Crippen LogP contribution in [0.2, 0.25) is 0 Å². The third kappa shape index (κ3) is 4.48. The van der Waals surface area contributed by atoms with E-state index in [0.717, 1.165) is 60.2 Å². The molecule has 11 aromatic carbocycles. The Labute approximate surface area is 332 Å². The first-order chi connectivity index (χ1) is 28.7. The van der Waals surface area contributed by atoms with Crippen molar-refractivity contribution in [1.82, 2.24) is 0 Å². The summed E-state index contributed by atoms with van der Waals surface area (Å²) < 4.78 is 13.2. The summed E-state index contributed by atoms with van der Waals surface area (Å²) in [6.07, 6.45) is 0. The summed E-state index contributed by atoms with van der Waals surface area (Å²) in [5.74, 6) is 0. The summed E-state index contributed by atoms with van der Waals surface area (Å²) >= 11 is 0. The average molecular weight is 737 g/mol. The van der Waals surface area contributed by atoms with Gasteiger partial charge in [0.05, 0.1) is 5.39 Å². The topological polar surface area (TPSA) is 26.3 Å². The van der Waals surface area contributed by atoms with Crippen LogP contribution in [0.3, 0.4) is 0 Å². The maximum Gasteiger partial charge on any atom is 0.147 e. The maximum absolute atomic E-state index is 6.71. The van der Waals surface area contributed by atoms with E-state index in [1.807, 2.05) is 12.1 Å². The van der Waals surface area contributed by atoms with E-state index in [9.17, 15) is 0 Å². The predicted octanol–water partition coefficient (Wildman–Crippen LogP) is 16.3. The van der Waals surface area contributed by atoms with E-state index in [2.05, 4.69) is 182 Å². The molecule has 58 heavy (non-hydrogen) atoms. The fourth-order valence-electron chi connectivity index (χ4n) is 9.76. The van der Waals surface area contributed by atoms with Gasteiger partial charge in [-0.05, 0) is 118 Å². The molecule has 0 radical (unpaired) electrons. The first-order valence-electron chi connectivity index (χ1n) is 19.9. The molecule has 0 aliphatic carbocycles. The Bertz CT molecular complexity index is 3800. The van der Waals surface area contributed by atoms with E-state index < -0.39 is 0 Å². The second-order valence-corrected chi connectivity index (χ2v) is 15.5. The minimum Gasteiger partial charge on any atom is -0.455 e. The standard InChI is InChI=1S/C56H32O2/c1-2-12-34-30-39(25-21-33(34)11-1)51-41-13-3-5-15-43(41)52(44-16-6-4-14-42(44)51)40-26-24-35-29-36(22-23-37(35)31-40)38-27-28-50-48(32-38)53-45-17-7-8-18-46(45)55-54(56(53)58-50)47-19-9-10-20-49(47)57-55/h1-32H. The molecule has 0 fully saturated rings. The monoisotopic (exact) mass is 736 g/mol. The van der Waals surface area contributed by atoms with Crippen LogP contribution in [-0.2, 0) is 0 Å². The largest absolute Gasteiger partial charge is 0.455 e. The number of benzene rings is 11. The molecule has 0 aliphatic heterocycles. The molecule has 0 saturated heterocycles. The van der Waals surface area contributed by atoms with Gasteiger partial charge in [-0.3, -0.25) is 0 Å². The van der Waals surface area contributed by atoms with Crippen LogP contribution in [0.5, 0.6) is 0 Å². The number of hydrogen-bond acceptors (Lipinski definition) is 2. The molecule has 268 valence electrons. The maximum atomic E-state index is 6.71. The lowest BCUT2D eigenvalue weighted by atomic mass is 9.85. The van der Waals surface area contributed by atoms with Crippen molar-refractivity contribution in [2.45, 2.75) is 0 Å². The molecule has 0 N–H and O–H groups in total. The normalized spacial score (nSPS) is 12.1. The second kappa shape index (κ2) is 11.9. The molecule has 2 aromatic heterocycles. The summed E-state index contributed by atoms with van der Waals surface area (Å²) in [5, 5.41) is 16.5.